The third-order valence-corrected chi connectivity index (χ3v) is 4.51. The molecule has 2 aromatic carbocycles. The Labute approximate surface area is 170 Å². The average molecular weight is 389 g/mol. The van der Waals surface area contributed by atoms with E-state index in [4.69, 9.17) is 12.4 Å². The number of rotatable bonds is 5. The first kappa shape index (κ1) is 20.5. The highest BCUT2D eigenvalue weighted by molar-refractivity contribution is 6.32. The van der Waals surface area contributed by atoms with Gasteiger partial charge in [-0.1, -0.05) is 48.7 Å². The van der Waals surface area contributed by atoms with Gasteiger partial charge in [0.25, 0.3) is 5.91 Å². The number of aryl methyl sites for hydroxylation is 1. The lowest BCUT2D eigenvalue weighted by atomic mass is 9.90. The summed E-state index contributed by atoms with van der Waals surface area (Å²) in [5, 5.41) is 6.80. The van der Waals surface area contributed by atoms with Crippen molar-refractivity contribution in [3.63, 3.8) is 0 Å². The van der Waals surface area contributed by atoms with E-state index in [2.05, 4.69) is 15.5 Å². The summed E-state index contributed by atoms with van der Waals surface area (Å²) in [5.41, 5.74) is 3.14. The fourth-order valence-corrected chi connectivity index (χ4v) is 2.84. The van der Waals surface area contributed by atoms with E-state index in [9.17, 15) is 9.18 Å². The van der Waals surface area contributed by atoms with Gasteiger partial charge in [0.1, 0.15) is 13.7 Å². The first-order chi connectivity index (χ1) is 13.8. The number of carbonyl (C=O) groups is 1. The number of allylic oxidation sites excluding steroid dienone is 1. The molecule has 0 atom stereocenters. The zero-order chi connectivity index (χ0) is 21.1. The number of hydrogen-bond acceptors (Lipinski definition) is 4. The van der Waals surface area contributed by atoms with Crippen LogP contribution in [0.15, 0.2) is 47.0 Å². The summed E-state index contributed by atoms with van der Waals surface area (Å²) < 4.78 is 19.1. The molecule has 1 heterocycles. The first-order valence-corrected chi connectivity index (χ1v) is 9.27. The Balaban J connectivity index is 1.78. The minimum atomic E-state index is -0.524. The molecule has 0 spiro atoms. The number of halogens is 1. The number of nitrogens with zero attached hydrogens (tertiary/aromatic N) is 2. The highest BCUT2D eigenvalue weighted by Crippen LogP contribution is 2.21. The predicted molar refractivity (Wildman–Crippen MR) is 111 cm³/mol. The van der Waals surface area contributed by atoms with Gasteiger partial charge in [-0.2, -0.15) is 4.98 Å². The van der Waals surface area contributed by atoms with Gasteiger partial charge in [0.05, 0.1) is 0 Å². The zero-order valence-corrected chi connectivity index (χ0v) is 16.8. The molecule has 0 saturated heterocycles. The summed E-state index contributed by atoms with van der Waals surface area (Å²) in [4.78, 5) is 17.0. The van der Waals surface area contributed by atoms with Crippen LogP contribution in [0.5, 0.6) is 0 Å². The van der Waals surface area contributed by atoms with Crippen molar-refractivity contribution >= 4 is 24.9 Å². The normalized spacial score (nSPS) is 11.7. The second-order valence-corrected chi connectivity index (χ2v) is 7.03. The molecular weight excluding hydrogens is 368 g/mol. The molecule has 7 heteroatoms. The topological polar surface area (TPSA) is 68.0 Å². The Kier molecular flexibility index (Phi) is 5.96. The molecule has 29 heavy (non-hydrogen) atoms. The second-order valence-electron chi connectivity index (χ2n) is 7.03. The molecule has 3 aromatic rings. The Morgan fingerprint density at radius 1 is 1.24 bits per heavy atom. The summed E-state index contributed by atoms with van der Waals surface area (Å²) in [5.74, 6) is 0.345. The Morgan fingerprint density at radius 3 is 2.52 bits per heavy atom. The second kappa shape index (κ2) is 8.43. The van der Waals surface area contributed by atoms with Gasteiger partial charge in [-0.25, -0.2) is 4.39 Å². The highest BCUT2D eigenvalue weighted by atomic mass is 19.1. The number of carbonyl (C=O) groups excluding carboxylic acids is 1. The van der Waals surface area contributed by atoms with Gasteiger partial charge < -0.3 is 9.84 Å². The van der Waals surface area contributed by atoms with E-state index >= 15 is 0 Å². The summed E-state index contributed by atoms with van der Waals surface area (Å²) in [7, 11) is 5.60. The molecule has 5 nitrogen and oxygen atoms in total. The van der Waals surface area contributed by atoms with Crippen LogP contribution in [0.1, 0.15) is 54.1 Å². The molecule has 0 saturated carbocycles. The fraction of sp³-hybridized carbons (Fsp3) is 0.227. The average Bonchev–Trinajstić information content (AvgIpc) is 3.20. The van der Waals surface area contributed by atoms with Crippen molar-refractivity contribution in [3.8, 4) is 11.4 Å². The molecule has 3 rings (SSSR count). The van der Waals surface area contributed by atoms with Crippen molar-refractivity contribution in [2.45, 2.75) is 33.6 Å². The standard InChI is InChI=1S/C22H21BFN3O2/c1-5-19(16-11-18(24)17(23)10-13(16)4)25-21(28)15-8-6-14(7-9-15)20-26-22(12(2)3)29-27-20/h5-12H,1-4H3,(H,25,28)/b19-5+. The number of hydrogen-bond donors (Lipinski definition) is 1. The van der Waals surface area contributed by atoms with E-state index in [0.29, 0.717) is 28.5 Å². The SMILES string of the molecule is [B]c1cc(C)c(/C(=C\C)NC(=O)c2ccc(-c3noc(C(C)C)n3)cc2)cc1F. The van der Waals surface area contributed by atoms with Crippen LogP contribution < -0.4 is 10.8 Å². The van der Waals surface area contributed by atoms with E-state index in [1.165, 1.54) is 6.07 Å². The lowest BCUT2D eigenvalue weighted by Crippen LogP contribution is -2.23. The van der Waals surface area contributed by atoms with E-state index in [1.807, 2.05) is 20.8 Å². The van der Waals surface area contributed by atoms with E-state index in [1.54, 1.807) is 43.3 Å². The molecule has 1 aromatic heterocycles. The maximum absolute atomic E-state index is 13.9. The van der Waals surface area contributed by atoms with Crippen molar-refractivity contribution in [1.29, 1.82) is 0 Å². The third kappa shape index (κ3) is 4.45. The van der Waals surface area contributed by atoms with Crippen LogP contribution in [-0.4, -0.2) is 23.9 Å². The molecule has 0 aliphatic rings. The fourth-order valence-electron chi connectivity index (χ4n) is 2.84. The van der Waals surface area contributed by atoms with Crippen molar-refractivity contribution < 1.29 is 13.7 Å². The van der Waals surface area contributed by atoms with Crippen LogP contribution in [0.4, 0.5) is 4.39 Å². The van der Waals surface area contributed by atoms with E-state index < -0.39 is 5.82 Å². The summed E-state index contributed by atoms with van der Waals surface area (Å²) in [6, 6.07) is 9.75. The molecule has 0 bridgehead atoms. The van der Waals surface area contributed by atoms with Crippen LogP contribution in [-0.2, 0) is 0 Å². The van der Waals surface area contributed by atoms with Crippen molar-refractivity contribution in [2.24, 2.45) is 0 Å². The van der Waals surface area contributed by atoms with Gasteiger partial charge in [-0.3, -0.25) is 4.79 Å². The summed E-state index contributed by atoms with van der Waals surface area (Å²) >= 11 is 0. The number of nitrogens with one attached hydrogen (secondary N) is 1. The van der Waals surface area contributed by atoms with Gasteiger partial charge >= 0.3 is 0 Å². The lowest BCUT2D eigenvalue weighted by Gasteiger charge is -2.14. The molecular formula is C22H21BFN3O2. The van der Waals surface area contributed by atoms with Gasteiger partial charge in [0.2, 0.25) is 11.7 Å². The van der Waals surface area contributed by atoms with E-state index in [0.717, 1.165) is 11.1 Å². The molecule has 0 unspecified atom stereocenters. The molecule has 1 amide bonds. The number of aromatic nitrogens is 2. The van der Waals surface area contributed by atoms with Crippen molar-refractivity contribution in [3.05, 3.63) is 70.9 Å². The zero-order valence-electron chi connectivity index (χ0n) is 16.8. The summed E-state index contributed by atoms with van der Waals surface area (Å²) in [6.45, 7) is 7.53. The molecule has 0 aliphatic carbocycles. The molecule has 0 fully saturated rings. The van der Waals surface area contributed by atoms with Gasteiger partial charge in [-0.15, -0.1) is 0 Å². The van der Waals surface area contributed by atoms with Gasteiger partial charge in [0.15, 0.2) is 0 Å². The smallest absolute Gasteiger partial charge is 0.255 e. The molecule has 2 radical (unpaired) electrons. The number of benzene rings is 2. The van der Waals surface area contributed by atoms with Crippen LogP contribution in [0.2, 0.25) is 0 Å². The van der Waals surface area contributed by atoms with Gasteiger partial charge in [-0.05, 0) is 37.6 Å². The highest BCUT2D eigenvalue weighted by Gasteiger charge is 2.15. The minimum Gasteiger partial charge on any atom is -0.339 e. The molecule has 1 N–H and O–H groups in total. The van der Waals surface area contributed by atoms with Crippen LogP contribution >= 0.6 is 0 Å². The minimum absolute atomic E-state index is 0.0747. The van der Waals surface area contributed by atoms with Crippen LogP contribution in [0, 0.1) is 12.7 Å². The van der Waals surface area contributed by atoms with Crippen molar-refractivity contribution in [2.75, 3.05) is 0 Å². The van der Waals surface area contributed by atoms with Crippen LogP contribution in [0.3, 0.4) is 0 Å². The quantitative estimate of drug-likeness (QED) is 0.673. The van der Waals surface area contributed by atoms with Crippen molar-refractivity contribution in [1.82, 2.24) is 15.5 Å². The number of amides is 1. The monoisotopic (exact) mass is 389 g/mol. The first-order valence-electron chi connectivity index (χ1n) is 9.27. The Morgan fingerprint density at radius 2 is 1.93 bits per heavy atom. The summed E-state index contributed by atoms with van der Waals surface area (Å²) in [6.07, 6.45) is 1.72. The molecule has 146 valence electrons. The maximum Gasteiger partial charge on any atom is 0.255 e. The van der Waals surface area contributed by atoms with Crippen LogP contribution in [0.25, 0.3) is 17.1 Å². The van der Waals surface area contributed by atoms with E-state index in [-0.39, 0.29) is 17.3 Å². The maximum atomic E-state index is 13.9. The Bertz CT molecular complexity index is 1070. The Hall–Kier alpha value is -3.22. The van der Waals surface area contributed by atoms with Gasteiger partial charge in [0, 0.05) is 28.3 Å². The molecule has 0 aliphatic heterocycles. The predicted octanol–water partition coefficient (Wildman–Crippen LogP) is 3.89. The third-order valence-electron chi connectivity index (χ3n) is 4.51. The largest absolute Gasteiger partial charge is 0.339 e. The lowest BCUT2D eigenvalue weighted by molar-refractivity contribution is 0.0973.